The maximum atomic E-state index is 9.83. The Morgan fingerprint density at radius 2 is 1.90 bits per heavy atom. The predicted molar refractivity (Wildman–Crippen MR) is 82.4 cm³/mol. The average Bonchev–Trinajstić information content (AvgIpc) is 2.74. The van der Waals surface area contributed by atoms with Gasteiger partial charge in [-0.2, -0.15) is 0 Å². The van der Waals surface area contributed by atoms with Crippen LogP contribution in [0.15, 0.2) is 11.8 Å². The van der Waals surface area contributed by atoms with E-state index in [-0.39, 0.29) is 0 Å². The van der Waals surface area contributed by atoms with Crippen LogP contribution in [0.2, 0.25) is 0 Å². The minimum Gasteiger partial charge on any atom is -0.513 e. The van der Waals surface area contributed by atoms with Crippen molar-refractivity contribution in [3.63, 3.8) is 0 Å². The summed E-state index contributed by atoms with van der Waals surface area (Å²) in [6.45, 7) is 5.11. The van der Waals surface area contributed by atoms with Crippen LogP contribution in [0.3, 0.4) is 0 Å². The highest BCUT2D eigenvalue weighted by atomic mass is 16.3. The van der Waals surface area contributed by atoms with Crippen LogP contribution < -0.4 is 0 Å². The Morgan fingerprint density at radius 3 is 2.75 bits per heavy atom. The molecule has 3 saturated carbocycles. The molecule has 112 valence electrons. The molecule has 0 spiro atoms. The molecular weight excluding hydrogens is 244 g/mol. The van der Waals surface area contributed by atoms with Gasteiger partial charge in [0.15, 0.2) is 0 Å². The largest absolute Gasteiger partial charge is 0.513 e. The molecule has 0 aromatic rings. The third kappa shape index (κ3) is 1.74. The fourth-order valence-corrected chi connectivity index (χ4v) is 6.74. The van der Waals surface area contributed by atoms with E-state index in [4.69, 9.17) is 0 Å². The lowest BCUT2D eigenvalue weighted by molar-refractivity contribution is -0.0524. The van der Waals surface area contributed by atoms with Crippen LogP contribution in [0, 0.1) is 40.9 Å². The summed E-state index contributed by atoms with van der Waals surface area (Å²) < 4.78 is 0. The maximum Gasteiger partial charge on any atom is 0.0885 e. The molecule has 5 unspecified atom stereocenters. The molecule has 4 aliphatic rings. The van der Waals surface area contributed by atoms with Gasteiger partial charge >= 0.3 is 0 Å². The summed E-state index contributed by atoms with van der Waals surface area (Å²) in [7, 11) is 0. The number of fused-ring (bicyclic) bond motifs is 5. The Morgan fingerprint density at radius 1 is 1.05 bits per heavy atom. The SMILES string of the molecule is C[C@H]1CCC2C3CCC4CC(O)=CCC4[C@H]3CCC21C. The second-order valence-corrected chi connectivity index (χ2v) is 8.59. The lowest BCUT2D eigenvalue weighted by atomic mass is 9.50. The zero-order valence-corrected chi connectivity index (χ0v) is 13.1. The van der Waals surface area contributed by atoms with Crippen molar-refractivity contribution in [2.24, 2.45) is 40.9 Å². The first-order chi connectivity index (χ1) is 9.59. The van der Waals surface area contributed by atoms with Gasteiger partial charge in [-0.15, -0.1) is 0 Å². The van der Waals surface area contributed by atoms with Crippen molar-refractivity contribution >= 4 is 0 Å². The van der Waals surface area contributed by atoms with Crippen LogP contribution in [-0.4, -0.2) is 5.11 Å². The van der Waals surface area contributed by atoms with E-state index in [9.17, 15) is 5.11 Å². The molecule has 0 aliphatic heterocycles. The number of hydrogen-bond acceptors (Lipinski definition) is 1. The highest BCUT2D eigenvalue weighted by molar-refractivity contribution is 5.09. The minimum atomic E-state index is 0.653. The number of hydrogen-bond donors (Lipinski definition) is 1. The molecule has 1 nitrogen and oxygen atoms in total. The van der Waals surface area contributed by atoms with Crippen molar-refractivity contribution in [1.29, 1.82) is 0 Å². The van der Waals surface area contributed by atoms with Gasteiger partial charge in [0.1, 0.15) is 0 Å². The maximum absolute atomic E-state index is 9.83. The summed E-state index contributed by atoms with van der Waals surface area (Å²) >= 11 is 0. The average molecular weight is 274 g/mol. The van der Waals surface area contributed by atoms with E-state index in [1.165, 1.54) is 38.5 Å². The summed E-state index contributed by atoms with van der Waals surface area (Å²) in [6, 6.07) is 0. The molecule has 0 saturated heterocycles. The third-order valence-electron chi connectivity index (χ3n) is 8.09. The van der Waals surface area contributed by atoms with Crippen LogP contribution in [-0.2, 0) is 0 Å². The summed E-state index contributed by atoms with van der Waals surface area (Å²) in [5.74, 6) is 6.31. The third-order valence-corrected chi connectivity index (χ3v) is 8.09. The van der Waals surface area contributed by atoms with Crippen LogP contribution in [0.5, 0.6) is 0 Å². The number of allylic oxidation sites excluding steroid dienone is 2. The minimum absolute atomic E-state index is 0.653. The van der Waals surface area contributed by atoms with Gasteiger partial charge < -0.3 is 5.11 Å². The van der Waals surface area contributed by atoms with Gasteiger partial charge in [0, 0.05) is 6.42 Å². The van der Waals surface area contributed by atoms with Crippen molar-refractivity contribution < 1.29 is 5.11 Å². The predicted octanol–water partition coefficient (Wildman–Crippen LogP) is 5.33. The van der Waals surface area contributed by atoms with Gasteiger partial charge in [0.2, 0.25) is 0 Å². The van der Waals surface area contributed by atoms with Crippen LogP contribution in [0.1, 0.15) is 65.2 Å². The van der Waals surface area contributed by atoms with Gasteiger partial charge in [0.05, 0.1) is 5.76 Å². The standard InChI is InChI=1S/C19H30O/c1-12-3-8-18-17-6-4-13-11-14(20)5-7-15(13)16(17)9-10-19(12,18)2/h5,12-13,15-18,20H,3-4,6-11H2,1-2H3/t12-,13?,15?,16+,17?,18?,19?/m0/s1. The highest BCUT2D eigenvalue weighted by Crippen LogP contribution is 2.63. The van der Waals surface area contributed by atoms with E-state index in [1.54, 1.807) is 0 Å². The van der Waals surface area contributed by atoms with Crippen molar-refractivity contribution in [2.75, 3.05) is 0 Å². The van der Waals surface area contributed by atoms with Crippen molar-refractivity contribution in [2.45, 2.75) is 65.2 Å². The summed E-state index contributed by atoms with van der Waals surface area (Å²) in [6.07, 6.45) is 13.0. The number of aliphatic hydroxyl groups excluding tert-OH is 1. The van der Waals surface area contributed by atoms with Gasteiger partial charge in [-0.05, 0) is 91.9 Å². The first kappa shape index (κ1) is 13.2. The molecule has 1 heteroatoms. The van der Waals surface area contributed by atoms with E-state index in [1.807, 2.05) is 0 Å². The first-order valence-electron chi connectivity index (χ1n) is 8.97. The molecule has 7 atom stereocenters. The van der Waals surface area contributed by atoms with Gasteiger partial charge in [-0.3, -0.25) is 0 Å². The molecule has 0 heterocycles. The molecule has 0 amide bonds. The van der Waals surface area contributed by atoms with Crippen LogP contribution in [0.25, 0.3) is 0 Å². The smallest absolute Gasteiger partial charge is 0.0885 e. The molecule has 4 aliphatic carbocycles. The molecule has 0 bridgehead atoms. The summed E-state index contributed by atoms with van der Waals surface area (Å²) in [5.41, 5.74) is 0.653. The number of aliphatic hydroxyl groups is 1. The van der Waals surface area contributed by atoms with Gasteiger partial charge in [-0.25, -0.2) is 0 Å². The summed E-state index contributed by atoms with van der Waals surface area (Å²) in [4.78, 5) is 0. The second kappa shape index (κ2) is 4.52. The molecule has 4 rings (SSSR count). The molecule has 0 aromatic carbocycles. The molecule has 0 radical (unpaired) electrons. The monoisotopic (exact) mass is 274 g/mol. The Kier molecular flexibility index (Phi) is 2.98. The summed E-state index contributed by atoms with van der Waals surface area (Å²) in [5, 5.41) is 9.83. The van der Waals surface area contributed by atoms with Crippen LogP contribution >= 0.6 is 0 Å². The lowest BCUT2D eigenvalue weighted by Crippen LogP contribution is -2.47. The Bertz CT molecular complexity index is 425. The Hall–Kier alpha value is -0.460. The fourth-order valence-electron chi connectivity index (χ4n) is 6.74. The molecule has 20 heavy (non-hydrogen) atoms. The van der Waals surface area contributed by atoms with Crippen LogP contribution in [0.4, 0.5) is 0 Å². The zero-order chi connectivity index (χ0) is 13.9. The van der Waals surface area contributed by atoms with Crippen molar-refractivity contribution in [3.05, 3.63) is 11.8 Å². The molecular formula is C19H30O. The molecule has 0 aromatic heterocycles. The van der Waals surface area contributed by atoms with E-state index in [0.717, 1.165) is 48.3 Å². The van der Waals surface area contributed by atoms with Gasteiger partial charge in [-0.1, -0.05) is 13.8 Å². The lowest BCUT2D eigenvalue weighted by Gasteiger charge is -2.55. The second-order valence-electron chi connectivity index (χ2n) is 8.59. The zero-order valence-electron chi connectivity index (χ0n) is 13.1. The topological polar surface area (TPSA) is 20.2 Å². The molecule has 3 fully saturated rings. The van der Waals surface area contributed by atoms with E-state index >= 15 is 0 Å². The van der Waals surface area contributed by atoms with Gasteiger partial charge in [0.25, 0.3) is 0 Å². The van der Waals surface area contributed by atoms with E-state index < -0.39 is 0 Å². The first-order valence-corrected chi connectivity index (χ1v) is 8.97. The Labute approximate surface area is 123 Å². The quantitative estimate of drug-likeness (QED) is 0.633. The van der Waals surface area contributed by atoms with E-state index in [2.05, 4.69) is 19.9 Å². The fraction of sp³-hybridized carbons (Fsp3) is 0.895. The van der Waals surface area contributed by atoms with Crippen molar-refractivity contribution in [3.8, 4) is 0 Å². The van der Waals surface area contributed by atoms with Crippen molar-refractivity contribution in [1.82, 2.24) is 0 Å². The van der Waals surface area contributed by atoms with E-state index in [0.29, 0.717) is 11.2 Å². The highest BCUT2D eigenvalue weighted by Gasteiger charge is 2.55. The normalized spacial score (nSPS) is 54.6. The number of rotatable bonds is 0. The Balaban J connectivity index is 1.60. The molecule has 1 N–H and O–H groups in total.